The van der Waals surface area contributed by atoms with Crippen molar-refractivity contribution in [2.24, 2.45) is 11.8 Å². The predicted octanol–water partition coefficient (Wildman–Crippen LogP) is 4.67. The summed E-state index contributed by atoms with van der Waals surface area (Å²) >= 11 is 1.88. The summed E-state index contributed by atoms with van der Waals surface area (Å²) in [6.07, 6.45) is 6.63. The maximum atomic E-state index is 5.02. The highest BCUT2D eigenvalue weighted by Gasteiger charge is 2.46. The second kappa shape index (κ2) is 5.42. The summed E-state index contributed by atoms with van der Waals surface area (Å²) in [5, 5.41) is 7.63. The van der Waals surface area contributed by atoms with Crippen LogP contribution in [0, 0.1) is 11.8 Å². The van der Waals surface area contributed by atoms with Crippen LogP contribution in [0.1, 0.15) is 76.4 Å². The number of nitrogens with one attached hydrogen (secondary N) is 1. The number of hydrogen-bond donors (Lipinski definition) is 1. The van der Waals surface area contributed by atoms with E-state index in [-0.39, 0.29) is 5.54 Å². The molecule has 1 aromatic rings. The minimum atomic E-state index is 0.158. The number of hydrogen-bond acceptors (Lipinski definition) is 3. The molecule has 2 saturated carbocycles. The maximum Gasteiger partial charge on any atom is 0.113 e. The number of aromatic nitrogens is 1. The van der Waals surface area contributed by atoms with Crippen molar-refractivity contribution in [2.75, 3.05) is 0 Å². The van der Waals surface area contributed by atoms with Crippen LogP contribution in [0.25, 0.3) is 0 Å². The standard InChI is InChI=1S/C17H28N2S/c1-11(2)15-10-20-16(18-15)17(19-14-5-6-14)8-7-12(3)9-13(17)4/h10-14,19H,5-9H2,1-4H3. The van der Waals surface area contributed by atoms with E-state index in [4.69, 9.17) is 4.98 Å². The van der Waals surface area contributed by atoms with Crippen LogP contribution in [0.2, 0.25) is 0 Å². The molecule has 0 spiro atoms. The highest BCUT2D eigenvalue weighted by atomic mass is 32.1. The van der Waals surface area contributed by atoms with E-state index in [9.17, 15) is 0 Å². The van der Waals surface area contributed by atoms with Gasteiger partial charge in [0.25, 0.3) is 0 Å². The smallest absolute Gasteiger partial charge is 0.113 e. The zero-order valence-corrected chi connectivity index (χ0v) is 14.1. The first-order valence-electron chi connectivity index (χ1n) is 8.25. The molecule has 1 aromatic heterocycles. The maximum absolute atomic E-state index is 5.02. The van der Waals surface area contributed by atoms with E-state index in [0.29, 0.717) is 11.8 Å². The normalized spacial score (nSPS) is 34.6. The van der Waals surface area contributed by atoms with Crippen molar-refractivity contribution in [3.8, 4) is 0 Å². The van der Waals surface area contributed by atoms with E-state index >= 15 is 0 Å². The van der Waals surface area contributed by atoms with Gasteiger partial charge in [-0.1, -0.05) is 27.7 Å². The van der Waals surface area contributed by atoms with Gasteiger partial charge >= 0.3 is 0 Å². The van der Waals surface area contributed by atoms with Gasteiger partial charge in [-0.05, 0) is 49.9 Å². The SMILES string of the molecule is CC1CCC(NC2CC2)(c2nc(C(C)C)cs2)C(C)C1. The molecule has 0 aliphatic heterocycles. The van der Waals surface area contributed by atoms with E-state index in [1.54, 1.807) is 0 Å². The Balaban J connectivity index is 1.91. The van der Waals surface area contributed by atoms with Gasteiger partial charge in [0.05, 0.1) is 11.2 Å². The lowest BCUT2D eigenvalue weighted by Crippen LogP contribution is -2.51. The molecule has 2 aliphatic rings. The van der Waals surface area contributed by atoms with E-state index in [1.807, 2.05) is 11.3 Å². The lowest BCUT2D eigenvalue weighted by molar-refractivity contribution is 0.119. The predicted molar refractivity (Wildman–Crippen MR) is 86.2 cm³/mol. The van der Waals surface area contributed by atoms with Crippen molar-refractivity contribution < 1.29 is 0 Å². The van der Waals surface area contributed by atoms with Crippen LogP contribution in [0.15, 0.2) is 5.38 Å². The molecule has 1 heterocycles. The fourth-order valence-electron chi connectivity index (χ4n) is 3.59. The molecule has 112 valence electrons. The van der Waals surface area contributed by atoms with Gasteiger partial charge in [0.1, 0.15) is 5.01 Å². The third-order valence-corrected chi connectivity index (χ3v) is 6.20. The van der Waals surface area contributed by atoms with E-state index < -0.39 is 0 Å². The van der Waals surface area contributed by atoms with Gasteiger partial charge < -0.3 is 5.32 Å². The van der Waals surface area contributed by atoms with Gasteiger partial charge in [-0.3, -0.25) is 0 Å². The average Bonchev–Trinajstić information content (AvgIpc) is 3.05. The minimum Gasteiger partial charge on any atom is -0.302 e. The second-order valence-corrected chi connectivity index (χ2v) is 8.26. The zero-order chi connectivity index (χ0) is 14.3. The lowest BCUT2D eigenvalue weighted by atomic mass is 9.70. The molecule has 0 amide bonds. The van der Waals surface area contributed by atoms with Gasteiger partial charge in [-0.25, -0.2) is 4.98 Å². The van der Waals surface area contributed by atoms with E-state index in [0.717, 1.165) is 12.0 Å². The average molecular weight is 292 g/mol. The van der Waals surface area contributed by atoms with Crippen molar-refractivity contribution in [3.63, 3.8) is 0 Å². The van der Waals surface area contributed by atoms with Crippen molar-refractivity contribution >= 4 is 11.3 Å². The van der Waals surface area contributed by atoms with Gasteiger partial charge in [-0.2, -0.15) is 0 Å². The Hall–Kier alpha value is -0.410. The third-order valence-electron chi connectivity index (χ3n) is 5.16. The van der Waals surface area contributed by atoms with Gasteiger partial charge in [0, 0.05) is 11.4 Å². The summed E-state index contributed by atoms with van der Waals surface area (Å²) in [4.78, 5) is 5.02. The highest BCUT2D eigenvalue weighted by molar-refractivity contribution is 7.09. The fourth-order valence-corrected chi connectivity index (χ4v) is 4.87. The molecule has 1 N–H and O–H groups in total. The number of thiazole rings is 1. The van der Waals surface area contributed by atoms with Crippen LogP contribution >= 0.6 is 11.3 Å². The second-order valence-electron chi connectivity index (χ2n) is 7.40. The summed E-state index contributed by atoms with van der Waals surface area (Å²) < 4.78 is 0. The molecule has 20 heavy (non-hydrogen) atoms. The zero-order valence-electron chi connectivity index (χ0n) is 13.3. The van der Waals surface area contributed by atoms with Crippen LogP contribution in [-0.2, 0) is 5.54 Å². The van der Waals surface area contributed by atoms with Crippen molar-refractivity contribution in [2.45, 2.75) is 77.3 Å². The third kappa shape index (κ3) is 2.67. The summed E-state index contributed by atoms with van der Waals surface area (Å²) in [6.45, 7) is 9.32. The first-order valence-corrected chi connectivity index (χ1v) is 9.13. The fraction of sp³-hybridized carbons (Fsp3) is 0.824. The summed E-state index contributed by atoms with van der Waals surface area (Å²) in [5.41, 5.74) is 1.43. The van der Waals surface area contributed by atoms with Crippen LogP contribution in [0.3, 0.4) is 0 Å². The van der Waals surface area contributed by atoms with Gasteiger partial charge in [0.2, 0.25) is 0 Å². The van der Waals surface area contributed by atoms with Crippen molar-refractivity contribution in [1.29, 1.82) is 0 Å². The summed E-state index contributed by atoms with van der Waals surface area (Å²) in [5.74, 6) is 2.09. The Kier molecular flexibility index (Phi) is 3.93. The van der Waals surface area contributed by atoms with E-state index in [2.05, 4.69) is 38.4 Å². The molecular weight excluding hydrogens is 264 g/mol. The molecule has 3 unspecified atom stereocenters. The molecule has 3 atom stereocenters. The molecule has 2 fully saturated rings. The molecule has 0 bridgehead atoms. The first kappa shape index (κ1) is 14.5. The van der Waals surface area contributed by atoms with Gasteiger partial charge in [-0.15, -0.1) is 11.3 Å². The summed E-state index contributed by atoms with van der Waals surface area (Å²) in [7, 11) is 0. The molecule has 3 rings (SSSR count). The molecule has 3 heteroatoms. The molecule has 0 aromatic carbocycles. The van der Waals surface area contributed by atoms with E-state index in [1.165, 1.54) is 42.8 Å². The quantitative estimate of drug-likeness (QED) is 0.872. The van der Waals surface area contributed by atoms with Crippen LogP contribution in [-0.4, -0.2) is 11.0 Å². The molecule has 2 aliphatic carbocycles. The van der Waals surface area contributed by atoms with Gasteiger partial charge in [0.15, 0.2) is 0 Å². The number of nitrogens with zero attached hydrogens (tertiary/aromatic N) is 1. The van der Waals surface area contributed by atoms with Crippen LogP contribution in [0.4, 0.5) is 0 Å². The largest absolute Gasteiger partial charge is 0.302 e. The first-order chi connectivity index (χ1) is 9.51. The molecule has 0 radical (unpaired) electrons. The minimum absolute atomic E-state index is 0.158. The van der Waals surface area contributed by atoms with Crippen LogP contribution in [0.5, 0.6) is 0 Å². The Morgan fingerprint density at radius 3 is 2.60 bits per heavy atom. The lowest BCUT2D eigenvalue weighted by Gasteiger charge is -2.44. The Bertz CT molecular complexity index is 463. The molecular formula is C17H28N2S. The van der Waals surface area contributed by atoms with Crippen molar-refractivity contribution in [1.82, 2.24) is 10.3 Å². The van der Waals surface area contributed by atoms with Crippen LogP contribution < -0.4 is 5.32 Å². The Morgan fingerprint density at radius 1 is 1.30 bits per heavy atom. The Morgan fingerprint density at radius 2 is 2.05 bits per heavy atom. The van der Waals surface area contributed by atoms with Crippen molar-refractivity contribution in [3.05, 3.63) is 16.1 Å². The Labute approximate surface area is 127 Å². The number of rotatable bonds is 4. The molecule has 0 saturated heterocycles. The highest BCUT2D eigenvalue weighted by Crippen LogP contribution is 2.46. The monoisotopic (exact) mass is 292 g/mol. The topological polar surface area (TPSA) is 24.9 Å². The summed E-state index contributed by atoms with van der Waals surface area (Å²) in [6, 6.07) is 0.747. The molecule has 2 nitrogen and oxygen atoms in total.